The van der Waals surface area contributed by atoms with E-state index in [2.05, 4.69) is 16.3 Å². The van der Waals surface area contributed by atoms with E-state index in [4.69, 9.17) is 11.6 Å². The standard InChI is InChI=1S/C14H16ClN3/c15-11-2-1-10(8-16)14(7-11)18-6-5-12-3-4-13(9-18)17-12/h1-2,7,12-13,17H,3-6,9H2. The van der Waals surface area contributed by atoms with E-state index in [-0.39, 0.29) is 0 Å². The van der Waals surface area contributed by atoms with Gasteiger partial charge in [0.05, 0.1) is 11.3 Å². The Morgan fingerprint density at radius 3 is 2.94 bits per heavy atom. The van der Waals surface area contributed by atoms with Crippen LogP contribution in [-0.2, 0) is 0 Å². The predicted molar refractivity (Wildman–Crippen MR) is 72.9 cm³/mol. The second-order valence-electron chi connectivity index (χ2n) is 5.15. The number of halogens is 1. The van der Waals surface area contributed by atoms with Crippen LogP contribution in [0.3, 0.4) is 0 Å². The van der Waals surface area contributed by atoms with E-state index in [0.29, 0.717) is 17.1 Å². The van der Waals surface area contributed by atoms with Crippen LogP contribution in [0.5, 0.6) is 0 Å². The van der Waals surface area contributed by atoms with Gasteiger partial charge in [-0.3, -0.25) is 0 Å². The van der Waals surface area contributed by atoms with E-state index in [1.165, 1.54) is 12.8 Å². The normalized spacial score (nSPS) is 26.8. The summed E-state index contributed by atoms with van der Waals surface area (Å²) in [4.78, 5) is 2.31. The Morgan fingerprint density at radius 1 is 1.28 bits per heavy atom. The molecule has 3 nitrogen and oxygen atoms in total. The minimum atomic E-state index is 0.558. The van der Waals surface area contributed by atoms with Crippen molar-refractivity contribution in [3.05, 3.63) is 28.8 Å². The van der Waals surface area contributed by atoms with Crippen LogP contribution in [0.1, 0.15) is 24.8 Å². The lowest BCUT2D eigenvalue weighted by Gasteiger charge is -2.27. The van der Waals surface area contributed by atoms with Gasteiger partial charge in [0.2, 0.25) is 0 Å². The summed E-state index contributed by atoms with van der Waals surface area (Å²) in [6.07, 6.45) is 3.68. The van der Waals surface area contributed by atoms with Gasteiger partial charge in [0.15, 0.2) is 0 Å². The van der Waals surface area contributed by atoms with Crippen LogP contribution in [0, 0.1) is 11.3 Å². The molecule has 94 valence electrons. The quantitative estimate of drug-likeness (QED) is 0.844. The van der Waals surface area contributed by atoms with Gasteiger partial charge in [0.1, 0.15) is 6.07 Å². The number of hydrogen-bond acceptors (Lipinski definition) is 3. The van der Waals surface area contributed by atoms with Crippen molar-refractivity contribution < 1.29 is 0 Å². The van der Waals surface area contributed by atoms with E-state index in [1.807, 2.05) is 12.1 Å². The molecule has 1 aromatic carbocycles. The Balaban J connectivity index is 1.90. The fraction of sp³-hybridized carbons (Fsp3) is 0.500. The van der Waals surface area contributed by atoms with Gasteiger partial charge in [0.25, 0.3) is 0 Å². The second kappa shape index (κ2) is 4.79. The summed E-state index contributed by atoms with van der Waals surface area (Å²) in [6, 6.07) is 8.99. The summed E-state index contributed by atoms with van der Waals surface area (Å²) < 4.78 is 0. The minimum absolute atomic E-state index is 0.558. The zero-order chi connectivity index (χ0) is 12.5. The maximum Gasteiger partial charge on any atom is 0.101 e. The smallest absolute Gasteiger partial charge is 0.101 e. The zero-order valence-corrected chi connectivity index (χ0v) is 11.0. The average molecular weight is 262 g/mol. The highest BCUT2D eigenvalue weighted by Crippen LogP contribution is 2.29. The summed E-state index contributed by atoms with van der Waals surface area (Å²) in [5, 5.41) is 13.6. The van der Waals surface area contributed by atoms with Gasteiger partial charge >= 0.3 is 0 Å². The average Bonchev–Trinajstić information content (AvgIpc) is 2.69. The Bertz CT molecular complexity index is 494. The summed E-state index contributed by atoms with van der Waals surface area (Å²) >= 11 is 6.06. The summed E-state index contributed by atoms with van der Waals surface area (Å²) in [5.74, 6) is 0. The molecule has 0 radical (unpaired) electrons. The molecule has 1 N–H and O–H groups in total. The molecule has 2 aliphatic heterocycles. The SMILES string of the molecule is N#Cc1ccc(Cl)cc1N1CCC2CCC(C1)N2. The maximum absolute atomic E-state index is 9.21. The molecule has 2 saturated heterocycles. The van der Waals surface area contributed by atoms with Crippen molar-refractivity contribution in [2.45, 2.75) is 31.3 Å². The highest BCUT2D eigenvalue weighted by molar-refractivity contribution is 6.30. The van der Waals surface area contributed by atoms with Crippen molar-refractivity contribution in [1.29, 1.82) is 5.26 Å². The van der Waals surface area contributed by atoms with Crippen LogP contribution in [0.15, 0.2) is 18.2 Å². The van der Waals surface area contributed by atoms with Gasteiger partial charge in [0, 0.05) is 30.2 Å². The molecule has 0 amide bonds. The Kier molecular flexibility index (Phi) is 3.15. The van der Waals surface area contributed by atoms with Gasteiger partial charge in [-0.15, -0.1) is 0 Å². The molecule has 2 heterocycles. The molecular formula is C14H16ClN3. The molecular weight excluding hydrogens is 246 g/mol. The molecule has 2 bridgehead atoms. The number of rotatable bonds is 1. The zero-order valence-electron chi connectivity index (χ0n) is 10.2. The van der Waals surface area contributed by atoms with Crippen molar-refractivity contribution >= 4 is 17.3 Å². The van der Waals surface area contributed by atoms with Gasteiger partial charge < -0.3 is 10.2 Å². The lowest BCUT2D eigenvalue weighted by Crippen LogP contribution is -2.35. The molecule has 1 aromatic rings. The number of anilines is 1. The number of fused-ring (bicyclic) bond motifs is 2. The Hall–Kier alpha value is -1.24. The van der Waals surface area contributed by atoms with Crippen LogP contribution >= 0.6 is 11.6 Å². The molecule has 0 spiro atoms. The maximum atomic E-state index is 9.21. The van der Waals surface area contributed by atoms with E-state index in [9.17, 15) is 5.26 Å². The number of nitriles is 1. The molecule has 2 fully saturated rings. The van der Waals surface area contributed by atoms with Crippen molar-refractivity contribution in [3.63, 3.8) is 0 Å². The van der Waals surface area contributed by atoms with Crippen molar-refractivity contribution in [2.75, 3.05) is 18.0 Å². The summed E-state index contributed by atoms with van der Waals surface area (Å²) in [7, 11) is 0. The largest absolute Gasteiger partial charge is 0.369 e. The van der Waals surface area contributed by atoms with Crippen LogP contribution in [0.4, 0.5) is 5.69 Å². The molecule has 4 heteroatoms. The summed E-state index contributed by atoms with van der Waals surface area (Å²) in [6.45, 7) is 1.98. The first-order valence-corrected chi connectivity index (χ1v) is 6.84. The lowest BCUT2D eigenvalue weighted by molar-refractivity contribution is 0.563. The first-order chi connectivity index (χ1) is 8.76. The van der Waals surface area contributed by atoms with Crippen LogP contribution in [0.2, 0.25) is 5.02 Å². The molecule has 2 atom stereocenters. The molecule has 3 rings (SSSR count). The van der Waals surface area contributed by atoms with Gasteiger partial charge in [-0.05, 0) is 37.5 Å². The van der Waals surface area contributed by atoms with E-state index in [0.717, 1.165) is 30.8 Å². The van der Waals surface area contributed by atoms with Crippen molar-refractivity contribution in [1.82, 2.24) is 5.32 Å². The first kappa shape index (κ1) is 11.8. The molecule has 18 heavy (non-hydrogen) atoms. The highest BCUT2D eigenvalue weighted by Gasteiger charge is 2.29. The molecule has 2 aliphatic rings. The van der Waals surface area contributed by atoms with E-state index in [1.54, 1.807) is 6.07 Å². The third kappa shape index (κ3) is 2.19. The minimum Gasteiger partial charge on any atom is -0.369 e. The van der Waals surface area contributed by atoms with Gasteiger partial charge in [-0.2, -0.15) is 5.26 Å². The molecule has 0 saturated carbocycles. The third-order valence-electron chi connectivity index (χ3n) is 3.94. The third-order valence-corrected chi connectivity index (χ3v) is 4.18. The van der Waals surface area contributed by atoms with Crippen LogP contribution in [-0.4, -0.2) is 25.2 Å². The second-order valence-corrected chi connectivity index (χ2v) is 5.58. The fourth-order valence-corrected chi connectivity index (χ4v) is 3.19. The molecule has 0 aliphatic carbocycles. The molecule has 0 aromatic heterocycles. The van der Waals surface area contributed by atoms with Crippen LogP contribution < -0.4 is 10.2 Å². The van der Waals surface area contributed by atoms with Gasteiger partial charge in [-0.25, -0.2) is 0 Å². The Labute approximate surface area is 112 Å². The van der Waals surface area contributed by atoms with Crippen molar-refractivity contribution in [3.8, 4) is 6.07 Å². The Morgan fingerprint density at radius 2 is 2.11 bits per heavy atom. The van der Waals surface area contributed by atoms with Crippen molar-refractivity contribution in [2.24, 2.45) is 0 Å². The number of hydrogen-bond donors (Lipinski definition) is 1. The lowest BCUT2D eigenvalue weighted by atomic mass is 10.1. The number of nitrogens with one attached hydrogen (secondary N) is 1. The highest BCUT2D eigenvalue weighted by atomic mass is 35.5. The molecule has 2 unspecified atom stereocenters. The predicted octanol–water partition coefficient (Wildman–Crippen LogP) is 2.54. The first-order valence-electron chi connectivity index (χ1n) is 6.47. The van der Waals surface area contributed by atoms with E-state index >= 15 is 0 Å². The summed E-state index contributed by atoms with van der Waals surface area (Å²) in [5.41, 5.74) is 1.71. The van der Waals surface area contributed by atoms with E-state index < -0.39 is 0 Å². The number of nitrogens with zero attached hydrogens (tertiary/aromatic N) is 2. The van der Waals surface area contributed by atoms with Gasteiger partial charge in [-0.1, -0.05) is 11.6 Å². The topological polar surface area (TPSA) is 39.1 Å². The monoisotopic (exact) mass is 261 g/mol. The fourth-order valence-electron chi connectivity index (χ4n) is 3.02. The number of benzene rings is 1. The van der Waals surface area contributed by atoms with Crippen LogP contribution in [0.25, 0.3) is 0 Å².